The first-order chi connectivity index (χ1) is 7.38. The zero-order valence-corrected chi connectivity index (χ0v) is 10.4. The summed E-state index contributed by atoms with van der Waals surface area (Å²) in [7, 11) is 0. The maximum absolute atomic E-state index is 3.55. The summed E-state index contributed by atoms with van der Waals surface area (Å²) in [5, 5.41) is 4.39. The zero-order chi connectivity index (χ0) is 10.3. The number of thioether (sulfide) groups is 1. The van der Waals surface area contributed by atoms with E-state index in [2.05, 4.69) is 28.2 Å². The van der Waals surface area contributed by atoms with Gasteiger partial charge in [-0.25, -0.2) is 0 Å². The van der Waals surface area contributed by atoms with Gasteiger partial charge in [0.15, 0.2) is 0 Å². The van der Waals surface area contributed by atoms with Crippen LogP contribution in [0, 0.1) is 11.8 Å². The summed E-state index contributed by atoms with van der Waals surface area (Å²) in [4.78, 5) is 2.79. The summed E-state index contributed by atoms with van der Waals surface area (Å²) in [6, 6.07) is 0.825. The first-order valence-electron chi connectivity index (χ1n) is 6.36. The number of fused-ring (bicyclic) bond motifs is 1. The fraction of sp³-hybridized carbons (Fsp3) is 1.00. The fourth-order valence-corrected chi connectivity index (χ4v) is 4.65. The second-order valence-corrected chi connectivity index (χ2v) is 6.48. The average molecular weight is 226 g/mol. The molecule has 0 aromatic heterocycles. The van der Waals surface area contributed by atoms with Crippen LogP contribution in [0.15, 0.2) is 0 Å². The zero-order valence-electron chi connectivity index (χ0n) is 9.61. The van der Waals surface area contributed by atoms with Crippen LogP contribution in [0.3, 0.4) is 0 Å². The molecule has 4 atom stereocenters. The molecule has 2 saturated heterocycles. The van der Waals surface area contributed by atoms with Gasteiger partial charge in [-0.15, -0.1) is 0 Å². The Hall–Kier alpha value is 0.270. The highest BCUT2D eigenvalue weighted by Crippen LogP contribution is 2.39. The van der Waals surface area contributed by atoms with E-state index in [1.165, 1.54) is 45.4 Å². The monoisotopic (exact) mass is 226 g/mol. The van der Waals surface area contributed by atoms with E-state index in [-0.39, 0.29) is 0 Å². The van der Waals surface area contributed by atoms with Crippen LogP contribution in [-0.4, -0.2) is 48.6 Å². The van der Waals surface area contributed by atoms with Gasteiger partial charge in [0.1, 0.15) is 0 Å². The molecule has 0 spiro atoms. The Balaban J connectivity index is 1.64. The van der Waals surface area contributed by atoms with Crippen LogP contribution in [0.5, 0.6) is 0 Å². The van der Waals surface area contributed by atoms with E-state index < -0.39 is 0 Å². The summed E-state index contributed by atoms with van der Waals surface area (Å²) >= 11 is 2.05. The predicted molar refractivity (Wildman–Crippen MR) is 66.4 cm³/mol. The van der Waals surface area contributed by atoms with Crippen molar-refractivity contribution in [3.8, 4) is 0 Å². The highest BCUT2D eigenvalue weighted by Gasteiger charge is 2.41. The van der Waals surface area contributed by atoms with Crippen LogP contribution < -0.4 is 5.32 Å². The van der Waals surface area contributed by atoms with Crippen LogP contribution >= 0.6 is 11.8 Å². The van der Waals surface area contributed by atoms with E-state index in [9.17, 15) is 0 Å². The molecule has 3 fully saturated rings. The van der Waals surface area contributed by atoms with Crippen molar-refractivity contribution in [2.75, 3.05) is 32.4 Å². The van der Waals surface area contributed by atoms with Gasteiger partial charge in [0.25, 0.3) is 0 Å². The number of nitrogens with zero attached hydrogens (tertiary/aromatic N) is 1. The number of rotatable bonds is 2. The second-order valence-electron chi connectivity index (χ2n) is 5.40. The minimum atomic E-state index is 0.825. The summed E-state index contributed by atoms with van der Waals surface area (Å²) in [6.45, 7) is 5.24. The molecule has 1 aliphatic carbocycles. The molecule has 0 bridgehead atoms. The van der Waals surface area contributed by atoms with Gasteiger partial charge in [-0.3, -0.25) is 4.90 Å². The van der Waals surface area contributed by atoms with Gasteiger partial charge in [0, 0.05) is 37.5 Å². The lowest BCUT2D eigenvalue weighted by Crippen LogP contribution is -2.41. The summed E-state index contributed by atoms with van der Waals surface area (Å²) < 4.78 is 0. The van der Waals surface area contributed by atoms with Gasteiger partial charge in [0.05, 0.1) is 0 Å². The molecule has 3 aliphatic rings. The first-order valence-corrected chi connectivity index (χ1v) is 7.65. The lowest BCUT2D eigenvalue weighted by atomic mass is 10.0. The Labute approximate surface area is 97.2 Å². The van der Waals surface area contributed by atoms with Gasteiger partial charge >= 0.3 is 0 Å². The number of hydrogen-bond acceptors (Lipinski definition) is 3. The molecule has 0 amide bonds. The van der Waals surface area contributed by atoms with Crippen molar-refractivity contribution < 1.29 is 0 Å². The van der Waals surface area contributed by atoms with Gasteiger partial charge in [-0.1, -0.05) is 6.42 Å². The Kier molecular flexibility index (Phi) is 2.97. The predicted octanol–water partition coefficient (Wildman–Crippen LogP) is 1.42. The van der Waals surface area contributed by atoms with Crippen molar-refractivity contribution in [3.05, 3.63) is 0 Å². The lowest BCUT2D eigenvalue weighted by Gasteiger charge is -2.28. The SMILES string of the molecule is CSC1CNCC1N1CC2CCCC2C1. The van der Waals surface area contributed by atoms with E-state index in [4.69, 9.17) is 0 Å². The number of nitrogens with one attached hydrogen (secondary N) is 1. The third-order valence-corrected chi connectivity index (χ3v) is 5.74. The first kappa shape index (κ1) is 10.4. The Bertz CT molecular complexity index is 222. The molecule has 0 aromatic rings. The molecule has 2 heterocycles. The van der Waals surface area contributed by atoms with Crippen molar-refractivity contribution in [2.45, 2.75) is 30.6 Å². The molecular formula is C12H22N2S. The molecule has 15 heavy (non-hydrogen) atoms. The molecule has 0 radical (unpaired) electrons. The molecule has 86 valence electrons. The summed E-state index contributed by atoms with van der Waals surface area (Å²) in [5.41, 5.74) is 0. The van der Waals surface area contributed by atoms with Crippen molar-refractivity contribution in [1.29, 1.82) is 0 Å². The molecule has 2 nitrogen and oxygen atoms in total. The quantitative estimate of drug-likeness (QED) is 0.767. The molecule has 4 unspecified atom stereocenters. The summed E-state index contributed by atoms with van der Waals surface area (Å²) in [6.07, 6.45) is 6.77. The second kappa shape index (κ2) is 4.27. The Morgan fingerprint density at radius 1 is 1.13 bits per heavy atom. The minimum Gasteiger partial charge on any atom is -0.314 e. The summed E-state index contributed by atoms with van der Waals surface area (Å²) in [5.74, 6) is 2.10. The lowest BCUT2D eigenvalue weighted by molar-refractivity contribution is 0.242. The molecular weight excluding hydrogens is 204 g/mol. The van der Waals surface area contributed by atoms with E-state index in [0.717, 1.165) is 23.1 Å². The largest absolute Gasteiger partial charge is 0.314 e. The molecule has 0 aromatic carbocycles. The van der Waals surface area contributed by atoms with Crippen molar-refractivity contribution in [3.63, 3.8) is 0 Å². The van der Waals surface area contributed by atoms with Gasteiger partial charge in [-0.05, 0) is 30.9 Å². The van der Waals surface area contributed by atoms with Crippen molar-refractivity contribution in [1.82, 2.24) is 10.2 Å². The maximum atomic E-state index is 3.55. The number of hydrogen-bond donors (Lipinski definition) is 1. The van der Waals surface area contributed by atoms with Gasteiger partial charge < -0.3 is 5.32 Å². The Morgan fingerprint density at radius 3 is 2.53 bits per heavy atom. The topological polar surface area (TPSA) is 15.3 Å². The minimum absolute atomic E-state index is 0.825. The standard InChI is InChI=1S/C12H22N2S/c1-15-12-6-13-5-11(12)14-7-9-3-2-4-10(9)8-14/h9-13H,2-8H2,1H3. The van der Waals surface area contributed by atoms with Crippen LogP contribution in [0.25, 0.3) is 0 Å². The van der Waals surface area contributed by atoms with E-state index >= 15 is 0 Å². The van der Waals surface area contributed by atoms with Crippen LogP contribution in [-0.2, 0) is 0 Å². The molecule has 3 rings (SSSR count). The molecule has 1 saturated carbocycles. The average Bonchev–Trinajstić information content (AvgIpc) is 2.91. The Morgan fingerprint density at radius 2 is 1.87 bits per heavy atom. The highest BCUT2D eigenvalue weighted by molar-refractivity contribution is 7.99. The highest BCUT2D eigenvalue weighted by atomic mass is 32.2. The van der Waals surface area contributed by atoms with Crippen LogP contribution in [0.1, 0.15) is 19.3 Å². The van der Waals surface area contributed by atoms with Gasteiger partial charge in [0.2, 0.25) is 0 Å². The third kappa shape index (κ3) is 1.83. The van der Waals surface area contributed by atoms with Gasteiger partial charge in [-0.2, -0.15) is 11.8 Å². The van der Waals surface area contributed by atoms with E-state index in [1.54, 1.807) is 0 Å². The van der Waals surface area contributed by atoms with E-state index in [0.29, 0.717) is 0 Å². The molecule has 3 heteroatoms. The van der Waals surface area contributed by atoms with E-state index in [1.807, 2.05) is 0 Å². The van der Waals surface area contributed by atoms with Crippen molar-refractivity contribution in [2.24, 2.45) is 11.8 Å². The maximum Gasteiger partial charge on any atom is 0.0351 e. The molecule has 1 N–H and O–H groups in total. The smallest absolute Gasteiger partial charge is 0.0351 e. The van der Waals surface area contributed by atoms with Crippen LogP contribution in [0.2, 0.25) is 0 Å². The number of likely N-dealkylation sites (tertiary alicyclic amines) is 1. The third-order valence-electron chi connectivity index (χ3n) is 4.65. The van der Waals surface area contributed by atoms with Crippen molar-refractivity contribution >= 4 is 11.8 Å². The van der Waals surface area contributed by atoms with Crippen LogP contribution in [0.4, 0.5) is 0 Å². The fourth-order valence-electron chi connectivity index (χ4n) is 3.79. The molecule has 2 aliphatic heterocycles. The normalized spacial score (nSPS) is 46.2.